The molecule has 1 aliphatic carbocycles. The Kier molecular flexibility index (Phi) is 3.59. The van der Waals surface area contributed by atoms with Gasteiger partial charge >= 0.3 is 0 Å². The second kappa shape index (κ2) is 5.28. The maximum Gasteiger partial charge on any atom is 0.202 e. The van der Waals surface area contributed by atoms with E-state index in [-0.39, 0.29) is 0 Å². The third-order valence-corrected chi connectivity index (χ3v) is 5.17. The topological polar surface area (TPSA) is 27.9 Å². The maximum atomic E-state index is 6.41. The van der Waals surface area contributed by atoms with Gasteiger partial charge in [0.1, 0.15) is 19.8 Å². The molecule has 1 aliphatic heterocycles. The molecule has 5 heteroatoms. The third kappa shape index (κ3) is 2.39. The van der Waals surface area contributed by atoms with Gasteiger partial charge in [-0.25, -0.2) is 9.56 Å². The van der Waals surface area contributed by atoms with Gasteiger partial charge in [0.2, 0.25) is 5.36 Å². The number of benzene rings is 2. The van der Waals surface area contributed by atoms with Crippen molar-refractivity contribution in [2.45, 2.75) is 6.92 Å². The van der Waals surface area contributed by atoms with E-state index in [1.54, 1.807) is 11.3 Å². The van der Waals surface area contributed by atoms with Crippen LogP contribution in [-0.2, 0) is 0 Å². The summed E-state index contributed by atoms with van der Waals surface area (Å²) in [5.41, 5.74) is 4.22. The zero-order chi connectivity index (χ0) is 15.1. The number of anilines is 1. The van der Waals surface area contributed by atoms with Crippen molar-refractivity contribution in [3.63, 3.8) is 0 Å². The smallest absolute Gasteiger partial charge is 0.202 e. The van der Waals surface area contributed by atoms with E-state index >= 15 is 0 Å². The summed E-state index contributed by atoms with van der Waals surface area (Å²) >= 11 is 8.15. The van der Waals surface area contributed by atoms with E-state index in [1.165, 1.54) is 10.3 Å². The number of rotatable bonds is 1. The Morgan fingerprint density at radius 3 is 2.67 bits per heavy atom. The predicted octanol–water partition coefficient (Wildman–Crippen LogP) is 3.44. The van der Waals surface area contributed by atoms with Crippen molar-refractivity contribution < 1.29 is 0 Å². The van der Waals surface area contributed by atoms with Crippen molar-refractivity contribution >= 4 is 38.8 Å². The second-order valence-corrected chi connectivity index (χ2v) is 6.68. The molecule has 1 heterocycles. The SMILES string of the molecule is CNc1ccc2nc3c(Cl)cc(=[N+](C)C)cc-3sc2c1C. The van der Waals surface area contributed by atoms with Gasteiger partial charge in [-0.2, -0.15) is 0 Å². The molecule has 0 fully saturated rings. The van der Waals surface area contributed by atoms with Gasteiger partial charge in [-0.1, -0.05) is 11.6 Å². The Morgan fingerprint density at radius 1 is 1.24 bits per heavy atom. The lowest BCUT2D eigenvalue weighted by Gasteiger charge is -2.11. The van der Waals surface area contributed by atoms with E-state index < -0.39 is 0 Å². The summed E-state index contributed by atoms with van der Waals surface area (Å²) in [5.74, 6) is 0. The number of halogens is 1. The van der Waals surface area contributed by atoms with Crippen LogP contribution in [-0.4, -0.2) is 26.1 Å². The molecule has 0 aromatic heterocycles. The highest BCUT2D eigenvalue weighted by molar-refractivity contribution is 7.21. The Bertz CT molecular complexity index is 879. The van der Waals surface area contributed by atoms with Crippen LogP contribution in [0.4, 0.5) is 5.69 Å². The van der Waals surface area contributed by atoms with Gasteiger partial charge in [0.15, 0.2) is 0 Å². The lowest BCUT2D eigenvalue weighted by atomic mass is 10.2. The van der Waals surface area contributed by atoms with Crippen LogP contribution in [0.2, 0.25) is 5.02 Å². The average Bonchev–Trinajstić information content (AvgIpc) is 2.46. The van der Waals surface area contributed by atoms with Crippen molar-refractivity contribution in [2.75, 3.05) is 26.5 Å². The minimum absolute atomic E-state index is 0.699. The van der Waals surface area contributed by atoms with E-state index in [0.29, 0.717) is 5.02 Å². The molecule has 2 aliphatic rings. The highest BCUT2D eigenvalue weighted by Gasteiger charge is 2.15. The first-order valence-corrected chi connectivity index (χ1v) is 7.92. The van der Waals surface area contributed by atoms with Crippen LogP contribution in [0.15, 0.2) is 24.3 Å². The van der Waals surface area contributed by atoms with Crippen molar-refractivity contribution in [1.82, 2.24) is 9.56 Å². The van der Waals surface area contributed by atoms with Gasteiger partial charge in [0, 0.05) is 24.9 Å². The average molecular weight is 319 g/mol. The van der Waals surface area contributed by atoms with Crippen LogP contribution in [0.25, 0.3) is 20.8 Å². The molecule has 1 N–H and O–H groups in total. The standard InChI is InChI=1S/C16H16ClN3S/c1-9-12(18-2)5-6-13-16(9)21-14-8-10(20(3)4)7-11(17)15(14)19-13/h5-8H,1-4H3/p+1. The highest BCUT2D eigenvalue weighted by atomic mass is 35.5. The van der Waals surface area contributed by atoms with E-state index in [9.17, 15) is 0 Å². The normalized spacial score (nSPS) is 11.1. The van der Waals surface area contributed by atoms with Gasteiger partial charge in [-0.15, -0.1) is 11.3 Å². The number of nitrogens with one attached hydrogen (secondary N) is 1. The Balaban J connectivity index is 2.45. The minimum Gasteiger partial charge on any atom is -0.388 e. The molecule has 3 nitrogen and oxygen atoms in total. The molecule has 0 atom stereocenters. The summed E-state index contributed by atoms with van der Waals surface area (Å²) < 4.78 is 3.25. The lowest BCUT2D eigenvalue weighted by molar-refractivity contribution is 0.814. The van der Waals surface area contributed by atoms with Crippen LogP contribution in [0.3, 0.4) is 0 Å². The number of aromatic nitrogens is 1. The molecule has 0 unspecified atom stereocenters. The van der Waals surface area contributed by atoms with Crippen molar-refractivity contribution in [1.29, 1.82) is 0 Å². The van der Waals surface area contributed by atoms with Gasteiger partial charge in [0.05, 0.1) is 20.1 Å². The summed E-state index contributed by atoms with van der Waals surface area (Å²) in [4.78, 5) is 5.85. The lowest BCUT2D eigenvalue weighted by Crippen LogP contribution is -2.21. The molecule has 21 heavy (non-hydrogen) atoms. The molecule has 1 aromatic carbocycles. The van der Waals surface area contributed by atoms with Crippen LogP contribution >= 0.6 is 22.9 Å². The van der Waals surface area contributed by atoms with E-state index in [1.807, 2.05) is 33.3 Å². The molecule has 1 aromatic rings. The summed E-state index contributed by atoms with van der Waals surface area (Å²) in [7, 11) is 5.97. The largest absolute Gasteiger partial charge is 0.388 e. The molecule has 108 valence electrons. The second-order valence-electron chi connectivity index (χ2n) is 5.22. The number of hydrogen-bond donors (Lipinski definition) is 1. The molecule has 0 radical (unpaired) electrons. The molecule has 3 rings (SSSR count). The van der Waals surface area contributed by atoms with Gasteiger partial charge in [0.25, 0.3) is 0 Å². The highest BCUT2D eigenvalue weighted by Crippen LogP contribution is 2.36. The zero-order valence-corrected chi connectivity index (χ0v) is 14.1. The monoisotopic (exact) mass is 318 g/mol. The summed E-state index contributed by atoms with van der Waals surface area (Å²) in [6, 6.07) is 8.21. The van der Waals surface area contributed by atoms with E-state index in [4.69, 9.17) is 16.6 Å². The third-order valence-electron chi connectivity index (χ3n) is 3.63. The minimum atomic E-state index is 0.699. The molecule has 0 spiro atoms. The summed E-state index contributed by atoms with van der Waals surface area (Å²) in [6.07, 6.45) is 0. The van der Waals surface area contributed by atoms with E-state index in [0.717, 1.165) is 27.1 Å². The predicted molar refractivity (Wildman–Crippen MR) is 92.7 cm³/mol. The van der Waals surface area contributed by atoms with E-state index in [2.05, 4.69) is 28.9 Å². The van der Waals surface area contributed by atoms with Crippen LogP contribution in [0, 0.1) is 6.92 Å². The van der Waals surface area contributed by atoms with Gasteiger partial charge < -0.3 is 5.32 Å². The van der Waals surface area contributed by atoms with Crippen LogP contribution in [0.5, 0.6) is 0 Å². The molecular formula is C16H17ClN3S+. The molecule has 0 amide bonds. The van der Waals surface area contributed by atoms with Gasteiger partial charge in [-0.05, 0) is 24.6 Å². The van der Waals surface area contributed by atoms with Crippen molar-refractivity contribution in [2.24, 2.45) is 0 Å². The van der Waals surface area contributed by atoms with Crippen LogP contribution < -0.4 is 15.2 Å². The Labute approximate surface area is 132 Å². The van der Waals surface area contributed by atoms with Crippen LogP contribution in [0.1, 0.15) is 5.56 Å². The fraction of sp³-hybridized carbons (Fsp3) is 0.250. The fourth-order valence-corrected chi connectivity index (χ4v) is 3.85. The molecule has 0 bridgehead atoms. The fourth-order valence-electron chi connectivity index (χ4n) is 2.40. The zero-order valence-electron chi connectivity index (χ0n) is 12.5. The van der Waals surface area contributed by atoms with Gasteiger partial charge in [-0.3, -0.25) is 0 Å². The summed E-state index contributed by atoms with van der Waals surface area (Å²) in [6.45, 7) is 2.12. The first kappa shape index (κ1) is 14.3. The Hall–Kier alpha value is -1.65. The quantitative estimate of drug-likeness (QED) is 0.550. The first-order chi connectivity index (χ1) is 10.0. The number of hydrogen-bond acceptors (Lipinski definition) is 3. The molecular weight excluding hydrogens is 302 g/mol. The number of nitrogens with zero attached hydrogens (tertiary/aromatic N) is 2. The summed E-state index contributed by atoms with van der Waals surface area (Å²) in [5, 5.41) is 5.01. The maximum absolute atomic E-state index is 6.41. The number of aryl methyl sites for hydroxylation is 1. The number of fused-ring (bicyclic) bond motifs is 2. The molecule has 0 saturated heterocycles. The first-order valence-electron chi connectivity index (χ1n) is 6.73. The van der Waals surface area contributed by atoms with Crippen molar-refractivity contribution in [3.8, 4) is 10.6 Å². The molecule has 0 saturated carbocycles. The Morgan fingerprint density at radius 2 is 2.00 bits per heavy atom. The van der Waals surface area contributed by atoms with Crippen molar-refractivity contribution in [3.05, 3.63) is 40.2 Å².